The lowest BCUT2D eigenvalue weighted by atomic mass is 10.0. The smallest absolute Gasteiger partial charge is 0.316 e. The first kappa shape index (κ1) is 16.1. The Kier molecular flexibility index (Phi) is 6.12. The standard InChI is InChI=1S/C15H14O3S.CH4/c16-14(17)11-19(18)15(12-7-3-1-4-8-12)13-9-5-2-6-10-13;/h1-10,15H,11H2,(H,16,17);1H4. The molecule has 20 heavy (non-hydrogen) atoms. The minimum atomic E-state index is -1.49. The molecule has 1 unspecified atom stereocenters. The van der Waals surface area contributed by atoms with E-state index in [1.165, 1.54) is 0 Å². The Bertz CT molecular complexity index is 527. The van der Waals surface area contributed by atoms with Gasteiger partial charge in [0.2, 0.25) is 0 Å². The molecule has 0 fully saturated rings. The number of hydrogen-bond donors (Lipinski definition) is 1. The predicted octanol–water partition coefficient (Wildman–Crippen LogP) is 3.25. The van der Waals surface area contributed by atoms with Gasteiger partial charge in [0, 0.05) is 10.8 Å². The van der Waals surface area contributed by atoms with E-state index < -0.39 is 22.0 Å². The molecular weight excluding hydrogens is 272 g/mol. The number of carboxylic acids is 1. The summed E-state index contributed by atoms with van der Waals surface area (Å²) in [5.41, 5.74) is 1.74. The summed E-state index contributed by atoms with van der Waals surface area (Å²) in [5.74, 6) is -1.40. The molecule has 1 N–H and O–H groups in total. The first-order chi connectivity index (χ1) is 9.18. The number of carboxylic acid groups (broad SMARTS) is 1. The largest absolute Gasteiger partial charge is 0.481 e. The van der Waals surface area contributed by atoms with Crippen molar-refractivity contribution in [3.63, 3.8) is 0 Å². The molecule has 0 amide bonds. The summed E-state index contributed by atoms with van der Waals surface area (Å²) < 4.78 is 12.3. The first-order valence-electron chi connectivity index (χ1n) is 5.87. The Hall–Kier alpha value is -1.94. The van der Waals surface area contributed by atoms with Crippen LogP contribution in [0.1, 0.15) is 23.8 Å². The number of benzene rings is 2. The van der Waals surface area contributed by atoms with E-state index in [2.05, 4.69) is 0 Å². The topological polar surface area (TPSA) is 54.4 Å². The number of carbonyl (C=O) groups is 1. The van der Waals surface area contributed by atoms with E-state index in [4.69, 9.17) is 5.11 Å². The molecule has 0 aliphatic carbocycles. The monoisotopic (exact) mass is 290 g/mol. The van der Waals surface area contributed by atoms with E-state index >= 15 is 0 Å². The van der Waals surface area contributed by atoms with Crippen LogP contribution < -0.4 is 0 Å². The summed E-state index contributed by atoms with van der Waals surface area (Å²) in [6.45, 7) is 0. The van der Waals surface area contributed by atoms with Crippen molar-refractivity contribution in [2.45, 2.75) is 12.7 Å². The van der Waals surface area contributed by atoms with Gasteiger partial charge in [-0.3, -0.25) is 9.00 Å². The lowest BCUT2D eigenvalue weighted by Crippen LogP contribution is -2.17. The average molecular weight is 290 g/mol. The third-order valence-electron chi connectivity index (χ3n) is 2.73. The van der Waals surface area contributed by atoms with E-state index in [-0.39, 0.29) is 13.2 Å². The molecule has 0 aliphatic heterocycles. The maximum Gasteiger partial charge on any atom is 0.316 e. The number of hydrogen-bond acceptors (Lipinski definition) is 2. The van der Waals surface area contributed by atoms with Crippen molar-refractivity contribution in [3.05, 3.63) is 71.8 Å². The van der Waals surface area contributed by atoms with Crippen molar-refractivity contribution in [1.82, 2.24) is 0 Å². The van der Waals surface area contributed by atoms with Gasteiger partial charge < -0.3 is 5.11 Å². The van der Waals surface area contributed by atoms with Gasteiger partial charge >= 0.3 is 5.97 Å². The summed E-state index contributed by atoms with van der Waals surface area (Å²) in [6, 6.07) is 18.7. The van der Waals surface area contributed by atoms with Gasteiger partial charge in [-0.25, -0.2) is 0 Å². The van der Waals surface area contributed by atoms with Crippen molar-refractivity contribution in [2.24, 2.45) is 0 Å². The Morgan fingerprint density at radius 3 is 1.70 bits per heavy atom. The molecule has 0 radical (unpaired) electrons. The Labute approximate surface area is 121 Å². The van der Waals surface area contributed by atoms with Gasteiger partial charge in [-0.1, -0.05) is 68.1 Å². The molecule has 2 aromatic rings. The van der Waals surface area contributed by atoms with E-state index in [0.29, 0.717) is 0 Å². The van der Waals surface area contributed by atoms with Crippen molar-refractivity contribution in [2.75, 3.05) is 5.75 Å². The van der Waals surface area contributed by atoms with Crippen LogP contribution in [-0.2, 0) is 15.6 Å². The van der Waals surface area contributed by atoms with E-state index in [1.807, 2.05) is 60.7 Å². The molecule has 0 saturated carbocycles. The van der Waals surface area contributed by atoms with Crippen molar-refractivity contribution in [1.29, 1.82) is 0 Å². The van der Waals surface area contributed by atoms with Gasteiger partial charge in [-0.2, -0.15) is 0 Å². The van der Waals surface area contributed by atoms with Gasteiger partial charge in [-0.15, -0.1) is 0 Å². The third-order valence-corrected chi connectivity index (χ3v) is 4.33. The zero-order valence-corrected chi connectivity index (χ0v) is 11.0. The molecule has 4 heteroatoms. The molecule has 0 aromatic heterocycles. The molecule has 106 valence electrons. The average Bonchev–Trinajstić information content (AvgIpc) is 2.40. The Morgan fingerprint density at radius 2 is 1.35 bits per heavy atom. The summed E-state index contributed by atoms with van der Waals surface area (Å²) >= 11 is 0. The second kappa shape index (κ2) is 7.60. The normalized spacial score (nSPS) is 11.7. The quantitative estimate of drug-likeness (QED) is 0.919. The zero-order chi connectivity index (χ0) is 13.7. The maximum atomic E-state index is 12.3. The van der Waals surface area contributed by atoms with Crippen LogP contribution >= 0.6 is 0 Å². The highest BCUT2D eigenvalue weighted by Gasteiger charge is 2.22. The predicted molar refractivity (Wildman–Crippen MR) is 82.1 cm³/mol. The molecule has 3 nitrogen and oxygen atoms in total. The van der Waals surface area contributed by atoms with Gasteiger partial charge in [0.15, 0.2) is 0 Å². The number of aliphatic carboxylic acids is 1. The molecule has 0 heterocycles. The van der Waals surface area contributed by atoms with Crippen LogP contribution in [0, 0.1) is 0 Å². The first-order valence-corrected chi connectivity index (χ1v) is 7.25. The molecule has 0 aliphatic rings. The summed E-state index contributed by atoms with van der Waals surface area (Å²) in [6.07, 6.45) is 0. The molecule has 1 atom stereocenters. The minimum absolute atomic E-state index is 0. The van der Waals surface area contributed by atoms with Gasteiger partial charge in [0.05, 0.1) is 5.25 Å². The van der Waals surface area contributed by atoms with E-state index in [1.54, 1.807) is 0 Å². The van der Waals surface area contributed by atoms with Crippen LogP contribution in [0.2, 0.25) is 0 Å². The van der Waals surface area contributed by atoms with Crippen LogP contribution in [-0.4, -0.2) is 21.0 Å². The fraction of sp³-hybridized carbons (Fsp3) is 0.188. The van der Waals surface area contributed by atoms with Crippen LogP contribution in [0.15, 0.2) is 60.7 Å². The highest BCUT2D eigenvalue weighted by atomic mass is 32.2. The lowest BCUT2D eigenvalue weighted by molar-refractivity contribution is -0.133. The lowest BCUT2D eigenvalue weighted by Gasteiger charge is -2.16. The second-order valence-electron chi connectivity index (χ2n) is 4.12. The molecule has 0 bridgehead atoms. The van der Waals surface area contributed by atoms with Crippen LogP contribution in [0.3, 0.4) is 0 Å². The van der Waals surface area contributed by atoms with Crippen molar-refractivity contribution in [3.8, 4) is 0 Å². The molecular formula is C16H18O3S. The summed E-state index contributed by atoms with van der Waals surface area (Å²) in [7, 11) is -1.49. The third kappa shape index (κ3) is 4.03. The highest BCUT2D eigenvalue weighted by molar-refractivity contribution is 7.86. The van der Waals surface area contributed by atoms with Crippen molar-refractivity contribution < 1.29 is 14.1 Å². The zero-order valence-electron chi connectivity index (χ0n) is 10.2. The fourth-order valence-electron chi connectivity index (χ4n) is 1.96. The van der Waals surface area contributed by atoms with Gasteiger partial charge in [0.25, 0.3) is 0 Å². The molecule has 0 saturated heterocycles. The van der Waals surface area contributed by atoms with Crippen LogP contribution in [0.4, 0.5) is 0 Å². The number of rotatable bonds is 5. The van der Waals surface area contributed by atoms with E-state index in [9.17, 15) is 9.00 Å². The van der Waals surface area contributed by atoms with Gasteiger partial charge in [0.1, 0.15) is 5.75 Å². The summed E-state index contributed by atoms with van der Waals surface area (Å²) in [4.78, 5) is 10.8. The van der Waals surface area contributed by atoms with Crippen LogP contribution in [0.5, 0.6) is 0 Å². The van der Waals surface area contributed by atoms with Gasteiger partial charge in [-0.05, 0) is 11.1 Å². The highest BCUT2D eigenvalue weighted by Crippen LogP contribution is 2.28. The Morgan fingerprint density at radius 1 is 0.950 bits per heavy atom. The Balaban J connectivity index is 0.00000200. The maximum absolute atomic E-state index is 12.3. The second-order valence-corrected chi connectivity index (χ2v) is 5.64. The van der Waals surface area contributed by atoms with Crippen molar-refractivity contribution >= 4 is 16.8 Å². The molecule has 0 spiro atoms. The SMILES string of the molecule is C.O=C(O)CS(=O)C(c1ccccc1)c1ccccc1. The fourth-order valence-corrected chi connectivity index (χ4v) is 3.29. The van der Waals surface area contributed by atoms with E-state index in [0.717, 1.165) is 11.1 Å². The molecule has 2 rings (SSSR count). The minimum Gasteiger partial charge on any atom is -0.481 e. The van der Waals surface area contributed by atoms with Crippen LogP contribution in [0.25, 0.3) is 0 Å². The summed E-state index contributed by atoms with van der Waals surface area (Å²) in [5, 5.41) is 8.43. The molecule has 2 aromatic carbocycles.